The molecule has 0 bridgehead atoms. The fraction of sp³-hybridized carbons (Fsp3) is 0.467. The van der Waals surface area contributed by atoms with Crippen molar-refractivity contribution in [2.24, 2.45) is 5.92 Å². The lowest BCUT2D eigenvalue weighted by Crippen LogP contribution is -2.46. The molecule has 7 nitrogen and oxygen atoms in total. The highest BCUT2D eigenvalue weighted by atomic mass is 32.2. The lowest BCUT2D eigenvalue weighted by molar-refractivity contribution is -0.0496. The number of hydrogen-bond donors (Lipinski definition) is 1. The van der Waals surface area contributed by atoms with E-state index in [2.05, 4.69) is 10.3 Å². The van der Waals surface area contributed by atoms with Gasteiger partial charge in [0.15, 0.2) is 0 Å². The number of imidazole rings is 1. The van der Waals surface area contributed by atoms with Crippen molar-refractivity contribution in [1.82, 2.24) is 19.0 Å². The van der Waals surface area contributed by atoms with E-state index in [0.717, 1.165) is 0 Å². The number of alkyl halides is 3. The fourth-order valence-electron chi connectivity index (χ4n) is 2.89. The van der Waals surface area contributed by atoms with Crippen LogP contribution in [0.1, 0.15) is 23.2 Å². The lowest BCUT2D eigenvalue weighted by Gasteiger charge is -2.31. The minimum Gasteiger partial charge on any atom is -0.352 e. The van der Waals surface area contributed by atoms with Crippen LogP contribution in [0, 0.1) is 5.92 Å². The summed E-state index contributed by atoms with van der Waals surface area (Å²) in [6, 6.07) is 3.34. The Balaban J connectivity index is 1.53. The Kier molecular flexibility index (Phi) is 4.93. The highest BCUT2D eigenvalue weighted by molar-refractivity contribution is 7.90. The molecule has 2 aromatic heterocycles. The number of nitrogens with one attached hydrogen (secondary N) is 1. The first kappa shape index (κ1) is 18.6. The summed E-state index contributed by atoms with van der Waals surface area (Å²) < 4.78 is 62.6. The number of aromatic nitrogens is 2. The first-order valence-corrected chi connectivity index (χ1v) is 9.40. The summed E-state index contributed by atoms with van der Waals surface area (Å²) in [5.74, 6) is -0.374. The number of rotatable bonds is 4. The molecule has 3 rings (SSSR count). The zero-order chi connectivity index (χ0) is 18.9. The Labute approximate surface area is 147 Å². The third kappa shape index (κ3) is 3.68. The number of hydrogen-bond acceptors (Lipinski definition) is 4. The maximum atomic E-state index is 12.6. The Morgan fingerprint density at radius 2 is 1.96 bits per heavy atom. The van der Waals surface area contributed by atoms with Gasteiger partial charge in [0.05, 0.1) is 5.56 Å². The third-order valence-electron chi connectivity index (χ3n) is 4.41. The fourth-order valence-corrected chi connectivity index (χ4v) is 3.88. The van der Waals surface area contributed by atoms with Gasteiger partial charge in [-0.15, -0.1) is 0 Å². The third-order valence-corrected chi connectivity index (χ3v) is 6.04. The Morgan fingerprint density at radius 1 is 1.27 bits per heavy atom. The Morgan fingerprint density at radius 3 is 2.62 bits per heavy atom. The van der Waals surface area contributed by atoms with Gasteiger partial charge in [-0.25, -0.2) is 13.4 Å². The van der Waals surface area contributed by atoms with E-state index in [1.165, 1.54) is 0 Å². The molecule has 1 fully saturated rings. The van der Waals surface area contributed by atoms with Gasteiger partial charge in [0.25, 0.3) is 5.91 Å². The summed E-state index contributed by atoms with van der Waals surface area (Å²) >= 11 is 0. The van der Waals surface area contributed by atoms with Crippen molar-refractivity contribution in [2.75, 3.05) is 19.6 Å². The molecule has 1 aliphatic heterocycles. The van der Waals surface area contributed by atoms with Gasteiger partial charge in [0, 0.05) is 38.2 Å². The minimum absolute atomic E-state index is 0.0735. The molecule has 1 aliphatic rings. The molecule has 0 aliphatic carbocycles. The standard InChI is InChI=1S/C15H17F3N4O3S/c16-15(17,18)26(24,25)22-6-3-11(4-7-22)9-20-14(23)12-1-2-13-19-5-8-21(13)10-12/h1-2,5,8,10-11H,3-4,6-7,9H2,(H,20,23). The molecule has 3 heterocycles. The van der Waals surface area contributed by atoms with E-state index >= 15 is 0 Å². The van der Waals surface area contributed by atoms with Crippen LogP contribution in [-0.4, -0.2) is 53.2 Å². The molecule has 2 aromatic rings. The number of nitrogens with zero attached hydrogens (tertiary/aromatic N) is 3. The predicted molar refractivity (Wildman–Crippen MR) is 86.8 cm³/mol. The van der Waals surface area contributed by atoms with Gasteiger partial charge in [0.2, 0.25) is 0 Å². The number of amides is 1. The average molecular weight is 390 g/mol. The molecule has 11 heteroatoms. The van der Waals surface area contributed by atoms with Crippen molar-refractivity contribution in [3.63, 3.8) is 0 Å². The van der Waals surface area contributed by atoms with E-state index in [1.54, 1.807) is 35.1 Å². The Bertz CT molecular complexity index is 902. The molecule has 142 valence electrons. The zero-order valence-electron chi connectivity index (χ0n) is 13.6. The van der Waals surface area contributed by atoms with E-state index in [1.807, 2.05) is 0 Å². The van der Waals surface area contributed by atoms with Gasteiger partial charge in [-0.05, 0) is 30.9 Å². The lowest BCUT2D eigenvalue weighted by atomic mass is 9.98. The summed E-state index contributed by atoms with van der Waals surface area (Å²) in [6.07, 6.45) is 5.48. The highest BCUT2D eigenvalue weighted by Crippen LogP contribution is 2.30. The zero-order valence-corrected chi connectivity index (χ0v) is 14.4. The van der Waals surface area contributed by atoms with Gasteiger partial charge >= 0.3 is 15.5 Å². The Hall–Kier alpha value is -2.14. The monoisotopic (exact) mass is 390 g/mol. The number of halogens is 3. The molecule has 0 aromatic carbocycles. The molecule has 0 unspecified atom stereocenters. The molecular formula is C15H17F3N4O3S. The second-order valence-electron chi connectivity index (χ2n) is 6.11. The van der Waals surface area contributed by atoms with Crippen molar-refractivity contribution >= 4 is 21.6 Å². The van der Waals surface area contributed by atoms with E-state index < -0.39 is 15.5 Å². The van der Waals surface area contributed by atoms with E-state index in [0.29, 0.717) is 15.5 Å². The average Bonchev–Trinajstić information content (AvgIpc) is 3.06. The predicted octanol–water partition coefficient (Wildman–Crippen LogP) is 1.63. The van der Waals surface area contributed by atoms with Crippen LogP contribution in [0.5, 0.6) is 0 Å². The summed E-state index contributed by atoms with van der Waals surface area (Å²) in [5.41, 5.74) is -4.13. The first-order valence-electron chi connectivity index (χ1n) is 7.96. The van der Waals surface area contributed by atoms with Crippen LogP contribution in [0.4, 0.5) is 13.2 Å². The molecule has 26 heavy (non-hydrogen) atoms. The van der Waals surface area contributed by atoms with Crippen LogP contribution < -0.4 is 5.32 Å². The number of fused-ring (bicyclic) bond motifs is 1. The van der Waals surface area contributed by atoms with Crippen LogP contribution in [0.2, 0.25) is 0 Å². The van der Waals surface area contributed by atoms with Crippen molar-refractivity contribution < 1.29 is 26.4 Å². The minimum atomic E-state index is -5.28. The summed E-state index contributed by atoms with van der Waals surface area (Å²) in [6.45, 7) is -0.131. The molecule has 1 amide bonds. The smallest absolute Gasteiger partial charge is 0.352 e. The van der Waals surface area contributed by atoms with Gasteiger partial charge in [-0.1, -0.05) is 0 Å². The van der Waals surface area contributed by atoms with Crippen molar-refractivity contribution in [1.29, 1.82) is 0 Å². The topological polar surface area (TPSA) is 83.8 Å². The quantitative estimate of drug-likeness (QED) is 0.860. The van der Waals surface area contributed by atoms with Crippen LogP contribution in [0.15, 0.2) is 30.7 Å². The number of carbonyl (C=O) groups excluding carboxylic acids is 1. The second kappa shape index (κ2) is 6.88. The summed E-state index contributed by atoms with van der Waals surface area (Å²) in [4.78, 5) is 16.3. The van der Waals surface area contributed by atoms with Gasteiger partial charge in [-0.3, -0.25) is 4.79 Å². The van der Waals surface area contributed by atoms with Crippen LogP contribution in [-0.2, 0) is 10.0 Å². The molecule has 0 atom stereocenters. The van der Waals surface area contributed by atoms with Gasteiger partial charge in [0.1, 0.15) is 5.65 Å². The van der Waals surface area contributed by atoms with E-state index in [4.69, 9.17) is 0 Å². The summed E-state index contributed by atoms with van der Waals surface area (Å²) in [7, 11) is -5.28. The number of sulfonamides is 1. The number of piperidine rings is 1. The maximum Gasteiger partial charge on any atom is 0.511 e. The van der Waals surface area contributed by atoms with Crippen LogP contribution in [0.25, 0.3) is 5.65 Å². The van der Waals surface area contributed by atoms with Crippen molar-refractivity contribution in [3.05, 3.63) is 36.3 Å². The molecular weight excluding hydrogens is 373 g/mol. The normalized spacial score (nSPS) is 17.5. The number of pyridine rings is 1. The largest absolute Gasteiger partial charge is 0.511 e. The first-order chi connectivity index (χ1) is 12.2. The molecule has 0 saturated carbocycles. The molecule has 0 spiro atoms. The SMILES string of the molecule is O=C(NCC1CCN(S(=O)(=O)C(F)(F)F)CC1)c1ccc2nccn2c1. The van der Waals surface area contributed by atoms with Crippen LogP contribution >= 0.6 is 0 Å². The van der Waals surface area contributed by atoms with Gasteiger partial charge < -0.3 is 9.72 Å². The van der Waals surface area contributed by atoms with E-state index in [9.17, 15) is 26.4 Å². The van der Waals surface area contributed by atoms with Crippen molar-refractivity contribution in [2.45, 2.75) is 18.3 Å². The van der Waals surface area contributed by atoms with Crippen LogP contribution in [0.3, 0.4) is 0 Å². The van der Waals surface area contributed by atoms with E-state index in [-0.39, 0.29) is 44.3 Å². The molecule has 1 saturated heterocycles. The highest BCUT2D eigenvalue weighted by Gasteiger charge is 2.50. The maximum absolute atomic E-state index is 12.6. The van der Waals surface area contributed by atoms with Gasteiger partial charge in [-0.2, -0.15) is 17.5 Å². The molecule has 1 N–H and O–H groups in total. The molecule has 0 radical (unpaired) electrons. The number of carbonyl (C=O) groups is 1. The van der Waals surface area contributed by atoms with Crippen molar-refractivity contribution in [3.8, 4) is 0 Å². The second-order valence-corrected chi connectivity index (χ2v) is 8.04. The summed E-state index contributed by atoms with van der Waals surface area (Å²) in [5, 5.41) is 2.75.